The molecule has 0 aromatic heterocycles. The van der Waals surface area contributed by atoms with Gasteiger partial charge in [-0.3, -0.25) is 9.35 Å². The Morgan fingerprint density at radius 2 is 1.73 bits per heavy atom. The van der Waals surface area contributed by atoms with Crippen molar-refractivity contribution in [3.63, 3.8) is 0 Å². The predicted octanol–water partition coefficient (Wildman–Crippen LogP) is 3.58. The van der Waals surface area contributed by atoms with Gasteiger partial charge in [0, 0.05) is 38.8 Å². The van der Waals surface area contributed by atoms with Gasteiger partial charge in [-0.2, -0.15) is 8.78 Å². The smallest absolute Gasteiger partial charge is 0.343 e. The van der Waals surface area contributed by atoms with E-state index in [1.165, 1.54) is 0 Å². The fourth-order valence-electron chi connectivity index (χ4n) is 2.73. The van der Waals surface area contributed by atoms with E-state index >= 15 is 0 Å². The van der Waals surface area contributed by atoms with Crippen molar-refractivity contribution < 1.29 is 40.4 Å². The van der Waals surface area contributed by atoms with Crippen LogP contribution < -0.4 is 9.88 Å². The van der Waals surface area contributed by atoms with Crippen molar-refractivity contribution in [2.24, 2.45) is 5.14 Å². The Morgan fingerprint density at radius 1 is 1.15 bits per heavy atom. The zero-order valence-electron chi connectivity index (χ0n) is 12.6. The minimum absolute atomic E-state index is 0.512. The number of nitrogens with two attached hydrogens (primary N) is 1. The van der Waals surface area contributed by atoms with Crippen LogP contribution in [0.1, 0.15) is 23.7 Å². The highest BCUT2D eigenvalue weighted by Crippen LogP contribution is 2.55. The predicted molar refractivity (Wildman–Crippen MR) is 79.7 cm³/mol. The number of hydrogen-bond acceptors (Lipinski definition) is 3. The van der Waals surface area contributed by atoms with E-state index < -0.39 is 67.1 Å². The second kappa shape index (κ2) is 5.96. The second-order valence-corrected chi connectivity index (χ2v) is 7.96. The van der Waals surface area contributed by atoms with Crippen molar-refractivity contribution >= 4 is 10.1 Å². The molecule has 0 amide bonds. The summed E-state index contributed by atoms with van der Waals surface area (Å²) < 4.78 is 98.5. The molecule has 1 aliphatic heterocycles. The maximum atomic E-state index is 14.0. The van der Waals surface area contributed by atoms with Gasteiger partial charge >= 0.3 is 5.25 Å². The Labute approximate surface area is 143 Å². The van der Waals surface area contributed by atoms with Gasteiger partial charge in [0.1, 0.15) is 23.1 Å². The first kappa shape index (κ1) is 18.7. The van der Waals surface area contributed by atoms with Crippen LogP contribution in [0.3, 0.4) is 0 Å². The molecule has 0 fully saturated rings. The molecule has 3 rings (SSSR count). The summed E-state index contributed by atoms with van der Waals surface area (Å²) in [7, 11) is -4.97. The van der Waals surface area contributed by atoms with Gasteiger partial charge in [-0.1, -0.05) is 0 Å². The van der Waals surface area contributed by atoms with E-state index in [1.54, 1.807) is 0 Å². The van der Waals surface area contributed by atoms with E-state index in [9.17, 15) is 35.7 Å². The lowest BCUT2D eigenvalue weighted by Crippen LogP contribution is -2.40. The van der Waals surface area contributed by atoms with Crippen LogP contribution in [-0.4, -0.2) is 14.6 Å². The van der Waals surface area contributed by atoms with Crippen LogP contribution in [0.15, 0.2) is 35.2 Å². The Hall–Kier alpha value is -2.11. The lowest BCUT2D eigenvalue weighted by atomic mass is 10.0. The topological polar surface area (TPSA) is 72.6 Å². The molecule has 142 valence electrons. The van der Waals surface area contributed by atoms with Gasteiger partial charge in [-0.15, -0.1) is 0 Å². The Kier molecular flexibility index (Phi) is 4.28. The number of alkyl halides is 4. The van der Waals surface area contributed by atoms with Crippen molar-refractivity contribution in [3.05, 3.63) is 53.1 Å². The number of ether oxygens (including phenoxy) is 1. The number of hydrogen-bond donors (Lipinski definition) is 3. The van der Waals surface area contributed by atoms with Crippen LogP contribution in [0.2, 0.25) is 0 Å². The molecular formula is C15H11F6NO3S. The first-order chi connectivity index (χ1) is 12.0. The molecule has 11 heteroatoms. The van der Waals surface area contributed by atoms with Gasteiger partial charge in [-0.05, 0) is 12.1 Å². The maximum Gasteiger partial charge on any atom is 0.343 e. The fourth-order valence-corrected chi connectivity index (χ4v) is 4.44. The zero-order valence-corrected chi connectivity index (χ0v) is 13.5. The quantitative estimate of drug-likeness (QED) is 0.546. The lowest BCUT2D eigenvalue weighted by molar-refractivity contribution is -0.0382. The normalized spacial score (nSPS) is 21.5. The third kappa shape index (κ3) is 2.66. The van der Waals surface area contributed by atoms with E-state index in [1.807, 2.05) is 0 Å². The molecule has 0 aliphatic carbocycles. The highest BCUT2D eigenvalue weighted by molar-refractivity contribution is 8.02. The Morgan fingerprint density at radius 3 is 2.27 bits per heavy atom. The first-order valence-corrected chi connectivity index (χ1v) is 8.78. The average Bonchev–Trinajstić information content (AvgIpc) is 2.64. The van der Waals surface area contributed by atoms with Gasteiger partial charge in [0.05, 0.1) is 5.56 Å². The summed E-state index contributed by atoms with van der Waals surface area (Å²) >= 11 is 0. The molecule has 1 atom stereocenters. The molecule has 0 spiro atoms. The molecule has 1 unspecified atom stereocenters. The zero-order chi connectivity index (χ0) is 19.4. The summed E-state index contributed by atoms with van der Waals surface area (Å²) in [4.78, 5) is -0.803. The maximum absolute atomic E-state index is 14.0. The van der Waals surface area contributed by atoms with Gasteiger partial charge in [0.2, 0.25) is 0 Å². The number of thiol groups is 1. The first-order valence-electron chi connectivity index (χ1n) is 7.01. The largest absolute Gasteiger partial charge is 0.457 e. The third-order valence-corrected chi connectivity index (χ3v) is 6.15. The molecular weight excluding hydrogens is 388 g/mol. The van der Waals surface area contributed by atoms with Crippen molar-refractivity contribution in [3.8, 4) is 11.5 Å². The van der Waals surface area contributed by atoms with Crippen LogP contribution in [0, 0.1) is 11.6 Å². The van der Waals surface area contributed by atoms with Gasteiger partial charge in [0.25, 0.3) is 6.43 Å². The minimum atomic E-state index is -4.97. The number of halogens is 6. The molecule has 1 aliphatic rings. The van der Waals surface area contributed by atoms with Crippen LogP contribution in [0.25, 0.3) is 0 Å². The van der Waals surface area contributed by atoms with Crippen LogP contribution >= 0.6 is 0 Å². The van der Waals surface area contributed by atoms with E-state index in [2.05, 4.69) is 0 Å². The molecule has 1 heterocycles. The summed E-state index contributed by atoms with van der Waals surface area (Å²) in [5.74, 6) is -3.37. The van der Waals surface area contributed by atoms with Gasteiger partial charge in [0.15, 0.2) is 6.10 Å². The molecule has 2 aromatic rings. The molecule has 2 aromatic carbocycles. The molecule has 0 saturated heterocycles. The summed E-state index contributed by atoms with van der Waals surface area (Å²) in [6, 6.07) is 3.42. The van der Waals surface area contributed by atoms with Crippen LogP contribution in [0.4, 0.5) is 26.3 Å². The van der Waals surface area contributed by atoms with Gasteiger partial charge in [-0.25, -0.2) is 17.6 Å². The summed E-state index contributed by atoms with van der Waals surface area (Å²) in [5, 5.41) is 10.5. The standard InChI is InChI=1S/C15H11F6NO3S/c16-6-3-7(17)5-8(4-6)25-9-1-2-10-12(11(9)14(18)19)13(23)15(20,21)26(10,22)24/h1-5,13-14,23,26H,(H2,22,24). The molecule has 0 saturated carbocycles. The minimum Gasteiger partial charge on any atom is -0.457 e. The molecule has 0 radical (unpaired) electrons. The summed E-state index contributed by atoms with van der Waals surface area (Å²) in [6.45, 7) is 0. The van der Waals surface area contributed by atoms with Gasteiger partial charge < -0.3 is 9.84 Å². The fraction of sp³-hybridized carbons (Fsp3) is 0.200. The number of benzene rings is 2. The Bertz CT molecular complexity index is 916. The van der Waals surface area contributed by atoms with E-state index in [-0.39, 0.29) is 0 Å². The highest BCUT2D eigenvalue weighted by Gasteiger charge is 2.59. The van der Waals surface area contributed by atoms with E-state index in [0.29, 0.717) is 18.2 Å². The Balaban J connectivity index is 2.19. The lowest BCUT2D eigenvalue weighted by Gasteiger charge is -2.23. The molecule has 26 heavy (non-hydrogen) atoms. The number of fused-ring (bicyclic) bond motifs is 1. The van der Waals surface area contributed by atoms with E-state index in [0.717, 1.165) is 12.1 Å². The molecule has 3 N–H and O–H groups in total. The van der Waals surface area contributed by atoms with Crippen molar-refractivity contribution in [2.45, 2.75) is 22.7 Å². The van der Waals surface area contributed by atoms with Crippen molar-refractivity contribution in [1.82, 2.24) is 0 Å². The average molecular weight is 399 g/mol. The SMILES string of the molecule is N[SH]1(=O)c2ccc(Oc3cc(F)cc(F)c3)c(C(F)F)c2C(O)C1(F)F. The monoisotopic (exact) mass is 399 g/mol. The number of aliphatic hydroxyl groups excluding tert-OH is 1. The molecule has 4 nitrogen and oxygen atoms in total. The van der Waals surface area contributed by atoms with Crippen LogP contribution in [-0.2, 0) is 10.1 Å². The van der Waals surface area contributed by atoms with Crippen molar-refractivity contribution in [1.29, 1.82) is 0 Å². The number of aliphatic hydroxyl groups is 1. The molecule has 0 bridgehead atoms. The second-order valence-electron chi connectivity index (χ2n) is 5.57. The van der Waals surface area contributed by atoms with E-state index in [4.69, 9.17) is 9.88 Å². The number of rotatable bonds is 3. The summed E-state index contributed by atoms with van der Waals surface area (Å²) in [5.41, 5.74) is -2.19. The highest BCUT2D eigenvalue weighted by atomic mass is 32.3. The van der Waals surface area contributed by atoms with Crippen LogP contribution in [0.5, 0.6) is 11.5 Å². The summed E-state index contributed by atoms with van der Waals surface area (Å²) in [6.07, 6.45) is -6.27. The van der Waals surface area contributed by atoms with Crippen molar-refractivity contribution in [2.75, 3.05) is 0 Å². The third-order valence-electron chi connectivity index (χ3n) is 3.91.